The van der Waals surface area contributed by atoms with E-state index in [-0.39, 0.29) is 17.9 Å². The van der Waals surface area contributed by atoms with Gasteiger partial charge in [-0.25, -0.2) is 17.5 Å². The molecule has 0 unspecified atom stereocenters. The van der Waals surface area contributed by atoms with Gasteiger partial charge in [-0.3, -0.25) is 0 Å². The van der Waals surface area contributed by atoms with Gasteiger partial charge in [-0.15, -0.1) is 0 Å². The van der Waals surface area contributed by atoms with E-state index in [2.05, 4.69) is 14.9 Å². The van der Waals surface area contributed by atoms with Gasteiger partial charge in [0.05, 0.1) is 0 Å². The molecule has 0 radical (unpaired) electrons. The average molecular weight is 271 g/mol. The molecule has 1 aromatic carbocycles. The van der Waals surface area contributed by atoms with E-state index < -0.39 is 15.8 Å². The van der Waals surface area contributed by atoms with E-state index in [0.29, 0.717) is 5.89 Å². The Morgan fingerprint density at radius 1 is 1.33 bits per heavy atom. The lowest BCUT2D eigenvalue weighted by atomic mass is 10.4. The molecule has 0 spiro atoms. The number of hydrogen-bond donors (Lipinski definition) is 1. The molecule has 0 aliphatic heterocycles. The van der Waals surface area contributed by atoms with Crippen LogP contribution in [-0.4, -0.2) is 25.1 Å². The van der Waals surface area contributed by atoms with Gasteiger partial charge in [0.15, 0.2) is 6.33 Å². The number of nitrogens with one attached hydrogen (secondary N) is 1. The fourth-order valence-corrected chi connectivity index (χ4v) is 2.45. The Morgan fingerprint density at radius 2 is 2.11 bits per heavy atom. The van der Waals surface area contributed by atoms with Crippen LogP contribution < -0.4 is 4.72 Å². The van der Waals surface area contributed by atoms with Gasteiger partial charge in [-0.1, -0.05) is 17.3 Å². The van der Waals surface area contributed by atoms with E-state index in [1.807, 2.05) is 0 Å². The standard InChI is InChI=1S/C10H10FN3O3S/c11-8-3-1-2-4-9(8)18(15,16)14-6-5-10-12-7-13-17-10/h1-4,7,14H,5-6H2. The van der Waals surface area contributed by atoms with Crippen LogP contribution in [0.5, 0.6) is 0 Å². The predicted octanol–water partition coefficient (Wildman–Crippen LogP) is 0.730. The SMILES string of the molecule is O=S(=O)(NCCc1ncno1)c1ccccc1F. The first-order valence-corrected chi connectivity index (χ1v) is 6.57. The molecule has 6 nitrogen and oxygen atoms in total. The molecule has 8 heteroatoms. The van der Waals surface area contributed by atoms with Gasteiger partial charge in [-0.05, 0) is 12.1 Å². The molecule has 0 amide bonds. The van der Waals surface area contributed by atoms with Crippen LogP contribution in [0.3, 0.4) is 0 Å². The number of benzene rings is 1. The van der Waals surface area contributed by atoms with E-state index in [1.165, 1.54) is 24.5 Å². The monoisotopic (exact) mass is 271 g/mol. The Bertz CT molecular complexity index is 613. The molecular formula is C10H10FN3O3S. The highest BCUT2D eigenvalue weighted by molar-refractivity contribution is 7.89. The Hall–Kier alpha value is -1.80. The van der Waals surface area contributed by atoms with Crippen molar-refractivity contribution in [1.29, 1.82) is 0 Å². The first-order valence-electron chi connectivity index (χ1n) is 5.09. The van der Waals surface area contributed by atoms with Crippen molar-refractivity contribution in [2.45, 2.75) is 11.3 Å². The molecule has 2 aromatic rings. The van der Waals surface area contributed by atoms with Crippen molar-refractivity contribution in [1.82, 2.24) is 14.9 Å². The largest absolute Gasteiger partial charge is 0.340 e. The molecular weight excluding hydrogens is 261 g/mol. The Balaban J connectivity index is 2.02. The lowest BCUT2D eigenvalue weighted by Gasteiger charge is -2.05. The molecule has 0 saturated heterocycles. The van der Waals surface area contributed by atoms with Crippen molar-refractivity contribution < 1.29 is 17.3 Å². The number of hydrogen-bond acceptors (Lipinski definition) is 5. The van der Waals surface area contributed by atoms with Crippen LogP contribution in [0.1, 0.15) is 5.89 Å². The van der Waals surface area contributed by atoms with Crippen molar-refractivity contribution in [3.05, 3.63) is 42.3 Å². The molecule has 0 aliphatic carbocycles. The quantitative estimate of drug-likeness (QED) is 0.866. The van der Waals surface area contributed by atoms with Crippen LogP contribution in [0.15, 0.2) is 40.0 Å². The van der Waals surface area contributed by atoms with E-state index in [1.54, 1.807) is 0 Å². The second kappa shape index (κ2) is 5.23. The molecule has 0 fully saturated rings. The molecule has 0 saturated carbocycles. The summed E-state index contributed by atoms with van der Waals surface area (Å²) in [4.78, 5) is 3.36. The van der Waals surface area contributed by atoms with Crippen molar-refractivity contribution in [2.75, 3.05) is 6.54 Å². The Kier molecular flexibility index (Phi) is 3.68. The fourth-order valence-electron chi connectivity index (χ4n) is 1.34. The van der Waals surface area contributed by atoms with Crippen molar-refractivity contribution >= 4 is 10.0 Å². The molecule has 2 rings (SSSR count). The van der Waals surface area contributed by atoms with Gasteiger partial charge in [-0.2, -0.15) is 4.98 Å². The summed E-state index contributed by atoms with van der Waals surface area (Å²) in [7, 11) is -3.86. The van der Waals surface area contributed by atoms with Crippen LogP contribution in [0.25, 0.3) is 0 Å². The number of sulfonamides is 1. The van der Waals surface area contributed by atoms with Gasteiger partial charge >= 0.3 is 0 Å². The first-order chi connectivity index (χ1) is 8.59. The third kappa shape index (κ3) is 2.90. The maximum Gasteiger partial charge on any atom is 0.243 e. The highest BCUT2D eigenvalue weighted by Crippen LogP contribution is 2.12. The van der Waals surface area contributed by atoms with E-state index in [9.17, 15) is 12.8 Å². The normalized spacial score (nSPS) is 11.6. The molecule has 1 N–H and O–H groups in total. The van der Waals surface area contributed by atoms with Gasteiger partial charge in [0.1, 0.15) is 10.7 Å². The van der Waals surface area contributed by atoms with Gasteiger partial charge in [0.25, 0.3) is 0 Å². The van der Waals surface area contributed by atoms with Gasteiger partial charge in [0, 0.05) is 13.0 Å². The van der Waals surface area contributed by atoms with Gasteiger partial charge < -0.3 is 4.52 Å². The molecule has 18 heavy (non-hydrogen) atoms. The zero-order chi connectivity index (χ0) is 13.0. The maximum atomic E-state index is 13.3. The molecule has 1 aromatic heterocycles. The van der Waals surface area contributed by atoms with Crippen molar-refractivity contribution in [3.63, 3.8) is 0 Å². The van der Waals surface area contributed by atoms with Crippen LogP contribution in [0.4, 0.5) is 4.39 Å². The summed E-state index contributed by atoms with van der Waals surface area (Å²) in [5.74, 6) is -0.478. The number of rotatable bonds is 5. The molecule has 0 bridgehead atoms. The van der Waals surface area contributed by atoms with E-state index >= 15 is 0 Å². The minimum Gasteiger partial charge on any atom is -0.340 e. The molecule has 0 atom stereocenters. The van der Waals surface area contributed by atoms with Crippen molar-refractivity contribution in [2.24, 2.45) is 0 Å². The van der Waals surface area contributed by atoms with E-state index in [4.69, 9.17) is 4.52 Å². The topological polar surface area (TPSA) is 85.1 Å². The Labute approximate surface area is 103 Å². The second-order valence-electron chi connectivity index (χ2n) is 3.41. The third-order valence-corrected chi connectivity index (χ3v) is 3.66. The molecule has 0 aliphatic rings. The summed E-state index contributed by atoms with van der Waals surface area (Å²) in [5.41, 5.74) is 0. The summed E-state index contributed by atoms with van der Waals surface area (Å²) < 4.78 is 43.8. The van der Waals surface area contributed by atoms with E-state index in [0.717, 1.165) is 6.07 Å². The van der Waals surface area contributed by atoms with Crippen LogP contribution in [0.2, 0.25) is 0 Å². The van der Waals surface area contributed by atoms with Gasteiger partial charge in [0.2, 0.25) is 15.9 Å². The molecule has 96 valence electrons. The van der Waals surface area contributed by atoms with Crippen LogP contribution >= 0.6 is 0 Å². The first kappa shape index (κ1) is 12.7. The highest BCUT2D eigenvalue weighted by atomic mass is 32.2. The second-order valence-corrected chi connectivity index (χ2v) is 5.15. The lowest BCUT2D eigenvalue weighted by Crippen LogP contribution is -2.26. The summed E-state index contributed by atoms with van der Waals surface area (Å²) in [6.07, 6.45) is 1.47. The predicted molar refractivity (Wildman–Crippen MR) is 59.6 cm³/mol. The smallest absolute Gasteiger partial charge is 0.243 e. The summed E-state index contributed by atoms with van der Waals surface area (Å²) in [6, 6.07) is 5.17. The van der Waals surface area contributed by atoms with Crippen LogP contribution in [-0.2, 0) is 16.4 Å². The Morgan fingerprint density at radius 3 is 2.78 bits per heavy atom. The number of halogens is 1. The minimum atomic E-state index is -3.86. The average Bonchev–Trinajstić information content (AvgIpc) is 2.82. The zero-order valence-electron chi connectivity index (χ0n) is 9.21. The summed E-state index contributed by atoms with van der Waals surface area (Å²) in [5, 5.41) is 3.39. The number of aromatic nitrogens is 2. The lowest BCUT2D eigenvalue weighted by molar-refractivity contribution is 0.377. The summed E-state index contributed by atoms with van der Waals surface area (Å²) in [6.45, 7) is 0.0544. The maximum absolute atomic E-state index is 13.3. The van der Waals surface area contributed by atoms with Crippen LogP contribution in [0, 0.1) is 5.82 Å². The minimum absolute atomic E-state index is 0.0544. The zero-order valence-corrected chi connectivity index (χ0v) is 10.0. The highest BCUT2D eigenvalue weighted by Gasteiger charge is 2.17. The summed E-state index contributed by atoms with van der Waals surface area (Å²) >= 11 is 0. The molecule has 1 heterocycles. The number of nitrogens with zero attached hydrogens (tertiary/aromatic N) is 2. The third-order valence-electron chi connectivity index (χ3n) is 2.16. The van der Waals surface area contributed by atoms with Crippen molar-refractivity contribution in [3.8, 4) is 0 Å². The fraction of sp³-hybridized carbons (Fsp3) is 0.200.